The summed E-state index contributed by atoms with van der Waals surface area (Å²) in [4.78, 5) is 13.0. The van der Waals surface area contributed by atoms with Crippen LogP contribution in [0.25, 0.3) is 0 Å². The molecule has 25 heavy (non-hydrogen) atoms. The van der Waals surface area contributed by atoms with Crippen LogP contribution in [0.2, 0.25) is 0 Å². The molecule has 4 heteroatoms. The number of hydrazine groups is 1. The van der Waals surface area contributed by atoms with Gasteiger partial charge in [0.15, 0.2) is 5.60 Å². The van der Waals surface area contributed by atoms with Crippen LogP contribution in [0.4, 0.5) is 5.69 Å². The maximum Gasteiger partial charge on any atom is 0.279 e. The average molecular weight is 332 g/mol. The number of carbonyl (C=O) groups is 1. The van der Waals surface area contributed by atoms with Crippen LogP contribution in [-0.4, -0.2) is 18.1 Å². The van der Waals surface area contributed by atoms with Crippen LogP contribution in [0.1, 0.15) is 11.1 Å². The van der Waals surface area contributed by atoms with E-state index in [4.69, 9.17) is 0 Å². The number of rotatable bonds is 5. The molecule has 3 aromatic carbocycles. The first kappa shape index (κ1) is 16.7. The molecule has 0 atom stereocenters. The molecule has 0 heterocycles. The molecule has 1 amide bonds. The molecule has 0 spiro atoms. The third-order valence-electron chi connectivity index (χ3n) is 4.12. The lowest BCUT2D eigenvalue weighted by Crippen LogP contribution is -2.51. The van der Waals surface area contributed by atoms with Crippen LogP contribution in [-0.2, 0) is 10.4 Å². The lowest BCUT2D eigenvalue weighted by Gasteiger charge is -2.31. The minimum absolute atomic E-state index is 0.514. The molecule has 0 saturated carbocycles. The third-order valence-corrected chi connectivity index (χ3v) is 4.12. The van der Waals surface area contributed by atoms with Crippen LogP contribution in [0, 0.1) is 0 Å². The predicted molar refractivity (Wildman–Crippen MR) is 98.9 cm³/mol. The van der Waals surface area contributed by atoms with E-state index in [1.54, 1.807) is 60.6 Å². The van der Waals surface area contributed by atoms with Crippen LogP contribution in [0.5, 0.6) is 0 Å². The quantitative estimate of drug-likeness (QED) is 0.706. The molecule has 3 aromatic rings. The summed E-state index contributed by atoms with van der Waals surface area (Å²) in [7, 11) is 1.74. The predicted octanol–water partition coefficient (Wildman–Crippen LogP) is 3.09. The van der Waals surface area contributed by atoms with Crippen LogP contribution in [0.3, 0.4) is 0 Å². The van der Waals surface area contributed by atoms with Gasteiger partial charge in [-0.25, -0.2) is 0 Å². The number of aliphatic hydroxyl groups is 1. The van der Waals surface area contributed by atoms with Crippen LogP contribution < -0.4 is 10.4 Å². The standard InChI is InChI=1S/C21H20N2O2/c1-23(19-15-9-4-10-16-19)22-20(24)21(25,17-11-5-2-6-12-17)18-13-7-3-8-14-18/h2-16,25H,1H3,(H,22,24). The number of nitrogens with zero attached hydrogens (tertiary/aromatic N) is 1. The van der Waals surface area contributed by atoms with Gasteiger partial charge in [0.1, 0.15) is 0 Å². The zero-order valence-electron chi connectivity index (χ0n) is 14.0. The Labute approximate surface area is 147 Å². The molecule has 0 aliphatic carbocycles. The van der Waals surface area contributed by atoms with Crippen molar-refractivity contribution in [3.8, 4) is 0 Å². The Balaban J connectivity index is 1.96. The first-order valence-electron chi connectivity index (χ1n) is 8.05. The second-order valence-corrected chi connectivity index (χ2v) is 5.78. The number of nitrogens with one attached hydrogen (secondary N) is 1. The van der Waals surface area contributed by atoms with E-state index in [-0.39, 0.29) is 0 Å². The van der Waals surface area contributed by atoms with Crippen LogP contribution >= 0.6 is 0 Å². The Morgan fingerprint density at radius 3 is 1.64 bits per heavy atom. The molecule has 0 aliphatic rings. The summed E-state index contributed by atoms with van der Waals surface area (Å²) in [6, 6.07) is 27.3. The topological polar surface area (TPSA) is 52.6 Å². The van der Waals surface area contributed by atoms with Crippen molar-refractivity contribution in [3.63, 3.8) is 0 Å². The van der Waals surface area contributed by atoms with Gasteiger partial charge in [-0.15, -0.1) is 0 Å². The fourth-order valence-corrected chi connectivity index (χ4v) is 2.74. The van der Waals surface area contributed by atoms with E-state index in [0.717, 1.165) is 5.69 Å². The van der Waals surface area contributed by atoms with Crippen molar-refractivity contribution in [3.05, 3.63) is 102 Å². The zero-order valence-corrected chi connectivity index (χ0v) is 14.0. The minimum atomic E-state index is -1.79. The summed E-state index contributed by atoms with van der Waals surface area (Å²) in [5.41, 5.74) is 2.84. The summed E-state index contributed by atoms with van der Waals surface area (Å²) < 4.78 is 0. The van der Waals surface area contributed by atoms with E-state index in [2.05, 4.69) is 5.43 Å². The van der Waals surface area contributed by atoms with Crippen molar-refractivity contribution in [1.29, 1.82) is 0 Å². The van der Waals surface area contributed by atoms with Gasteiger partial charge in [-0.2, -0.15) is 0 Å². The largest absolute Gasteiger partial charge is 0.372 e. The zero-order chi connectivity index (χ0) is 17.7. The van der Waals surface area contributed by atoms with Crippen molar-refractivity contribution in [2.75, 3.05) is 12.1 Å². The molecule has 0 saturated heterocycles. The number of carbonyl (C=O) groups excluding carboxylic acids is 1. The lowest BCUT2D eigenvalue weighted by atomic mass is 9.85. The van der Waals surface area contributed by atoms with Gasteiger partial charge in [-0.3, -0.25) is 15.2 Å². The number of amides is 1. The number of hydrogen-bond acceptors (Lipinski definition) is 3. The van der Waals surface area contributed by atoms with Gasteiger partial charge in [-0.1, -0.05) is 78.9 Å². The monoisotopic (exact) mass is 332 g/mol. The molecular weight excluding hydrogens is 312 g/mol. The van der Waals surface area contributed by atoms with E-state index in [1.165, 1.54) is 0 Å². The van der Waals surface area contributed by atoms with Gasteiger partial charge in [0, 0.05) is 7.05 Å². The molecule has 0 aromatic heterocycles. The first-order chi connectivity index (χ1) is 12.1. The summed E-state index contributed by atoms with van der Waals surface area (Å²) in [6.07, 6.45) is 0. The SMILES string of the molecule is CN(NC(=O)C(O)(c1ccccc1)c1ccccc1)c1ccccc1. The highest BCUT2D eigenvalue weighted by Crippen LogP contribution is 2.30. The Morgan fingerprint density at radius 1 is 0.800 bits per heavy atom. The lowest BCUT2D eigenvalue weighted by molar-refractivity contribution is -0.136. The number of benzene rings is 3. The Kier molecular flexibility index (Phi) is 4.82. The van der Waals surface area contributed by atoms with Gasteiger partial charge in [0.25, 0.3) is 5.91 Å². The van der Waals surface area contributed by atoms with Crippen molar-refractivity contribution in [2.24, 2.45) is 0 Å². The minimum Gasteiger partial charge on any atom is -0.372 e. The van der Waals surface area contributed by atoms with Crippen molar-refractivity contribution in [2.45, 2.75) is 5.60 Å². The maximum absolute atomic E-state index is 13.0. The Morgan fingerprint density at radius 2 is 1.20 bits per heavy atom. The van der Waals surface area contributed by atoms with Crippen LogP contribution in [0.15, 0.2) is 91.0 Å². The van der Waals surface area contributed by atoms with Crippen molar-refractivity contribution < 1.29 is 9.90 Å². The Hall–Kier alpha value is -3.11. The van der Waals surface area contributed by atoms with Gasteiger partial charge in [-0.05, 0) is 23.3 Å². The van der Waals surface area contributed by atoms with E-state index < -0.39 is 11.5 Å². The van der Waals surface area contributed by atoms with Gasteiger partial charge < -0.3 is 5.11 Å². The van der Waals surface area contributed by atoms with E-state index in [0.29, 0.717) is 11.1 Å². The number of anilines is 1. The third kappa shape index (κ3) is 3.39. The molecule has 0 aliphatic heterocycles. The molecule has 4 nitrogen and oxygen atoms in total. The Bertz CT molecular complexity index is 781. The first-order valence-corrected chi connectivity index (χ1v) is 8.05. The van der Waals surface area contributed by atoms with Crippen molar-refractivity contribution in [1.82, 2.24) is 5.43 Å². The fourth-order valence-electron chi connectivity index (χ4n) is 2.74. The summed E-state index contributed by atoms with van der Waals surface area (Å²) >= 11 is 0. The normalized spacial score (nSPS) is 11.0. The highest BCUT2D eigenvalue weighted by atomic mass is 16.3. The molecule has 3 rings (SSSR count). The smallest absolute Gasteiger partial charge is 0.279 e. The number of hydrogen-bond donors (Lipinski definition) is 2. The molecule has 0 unspecified atom stereocenters. The molecule has 2 N–H and O–H groups in total. The molecule has 126 valence electrons. The van der Waals surface area contributed by atoms with E-state index in [9.17, 15) is 9.90 Å². The van der Waals surface area contributed by atoms with E-state index >= 15 is 0 Å². The highest BCUT2D eigenvalue weighted by molar-refractivity contribution is 5.91. The van der Waals surface area contributed by atoms with E-state index in [1.807, 2.05) is 42.5 Å². The second kappa shape index (κ2) is 7.20. The van der Waals surface area contributed by atoms with Crippen molar-refractivity contribution >= 4 is 11.6 Å². The average Bonchev–Trinajstić information content (AvgIpc) is 2.69. The molecular formula is C21H20N2O2. The summed E-state index contributed by atoms with van der Waals surface area (Å²) in [5.74, 6) is -0.517. The highest BCUT2D eigenvalue weighted by Gasteiger charge is 2.40. The van der Waals surface area contributed by atoms with Gasteiger partial charge in [0.2, 0.25) is 0 Å². The maximum atomic E-state index is 13.0. The summed E-state index contributed by atoms with van der Waals surface area (Å²) in [6.45, 7) is 0. The molecule has 0 fully saturated rings. The second-order valence-electron chi connectivity index (χ2n) is 5.78. The molecule has 0 bridgehead atoms. The van der Waals surface area contributed by atoms with Gasteiger partial charge in [0.05, 0.1) is 5.69 Å². The fraction of sp³-hybridized carbons (Fsp3) is 0.0952. The number of para-hydroxylation sites is 1. The van der Waals surface area contributed by atoms with Gasteiger partial charge >= 0.3 is 0 Å². The molecule has 0 radical (unpaired) electrons. The summed E-state index contributed by atoms with van der Waals surface area (Å²) in [5, 5.41) is 13.0.